The molecule has 0 saturated heterocycles. The van der Waals surface area contributed by atoms with E-state index >= 15 is 0 Å². The molecular weight excluding hydrogens is 258 g/mol. The van der Waals surface area contributed by atoms with Gasteiger partial charge < -0.3 is 10.4 Å². The first-order chi connectivity index (χ1) is 9.26. The van der Waals surface area contributed by atoms with Crippen LogP contribution >= 0.6 is 11.3 Å². The van der Waals surface area contributed by atoms with Crippen molar-refractivity contribution < 1.29 is 9.90 Å². The van der Waals surface area contributed by atoms with Crippen molar-refractivity contribution in [3.63, 3.8) is 0 Å². The molecule has 0 aromatic carbocycles. The van der Waals surface area contributed by atoms with Crippen LogP contribution in [0.3, 0.4) is 0 Å². The van der Waals surface area contributed by atoms with Crippen molar-refractivity contribution >= 4 is 17.2 Å². The summed E-state index contributed by atoms with van der Waals surface area (Å²) in [6.45, 7) is 2.61. The summed E-state index contributed by atoms with van der Waals surface area (Å²) >= 11 is 1.55. The number of carbonyl (C=O) groups is 1. The maximum atomic E-state index is 11.6. The first-order valence-electron chi connectivity index (χ1n) is 6.71. The van der Waals surface area contributed by atoms with E-state index in [9.17, 15) is 4.79 Å². The van der Waals surface area contributed by atoms with Gasteiger partial charge in [0.1, 0.15) is 6.61 Å². The Morgan fingerprint density at radius 3 is 2.95 bits per heavy atom. The Kier molecular flexibility index (Phi) is 7.95. The number of unbranched alkanes of at least 4 members (excludes halogenated alkanes) is 3. The first-order valence-corrected chi connectivity index (χ1v) is 7.53. The fraction of sp³-hybridized carbons (Fsp3) is 0.533. The Hall–Kier alpha value is -1.31. The van der Waals surface area contributed by atoms with Crippen LogP contribution in [-0.2, 0) is 11.3 Å². The predicted molar refractivity (Wildman–Crippen MR) is 78.9 cm³/mol. The predicted octanol–water partition coefficient (Wildman–Crippen LogP) is 2.68. The maximum absolute atomic E-state index is 11.6. The van der Waals surface area contributed by atoms with Gasteiger partial charge >= 0.3 is 0 Å². The zero-order chi connectivity index (χ0) is 13.9. The fourth-order valence-electron chi connectivity index (χ4n) is 1.65. The second-order valence-corrected chi connectivity index (χ2v) is 5.48. The van der Waals surface area contributed by atoms with Gasteiger partial charge in [-0.25, -0.2) is 0 Å². The van der Waals surface area contributed by atoms with Gasteiger partial charge in [-0.1, -0.05) is 38.0 Å². The van der Waals surface area contributed by atoms with E-state index in [2.05, 4.69) is 24.1 Å². The minimum absolute atomic E-state index is 0.118. The monoisotopic (exact) mass is 279 g/mol. The second kappa shape index (κ2) is 9.60. The molecule has 2 N–H and O–H groups in total. The van der Waals surface area contributed by atoms with Gasteiger partial charge in [0.25, 0.3) is 0 Å². The van der Waals surface area contributed by atoms with E-state index in [1.807, 2.05) is 12.1 Å². The Morgan fingerprint density at radius 2 is 2.21 bits per heavy atom. The van der Waals surface area contributed by atoms with E-state index in [4.69, 9.17) is 5.11 Å². The average molecular weight is 279 g/mol. The van der Waals surface area contributed by atoms with Gasteiger partial charge in [-0.3, -0.25) is 4.79 Å². The van der Waals surface area contributed by atoms with Gasteiger partial charge in [-0.05, 0) is 18.6 Å². The number of amides is 1. The summed E-state index contributed by atoms with van der Waals surface area (Å²) in [7, 11) is 0. The zero-order valence-electron chi connectivity index (χ0n) is 11.4. The van der Waals surface area contributed by atoms with E-state index < -0.39 is 0 Å². The van der Waals surface area contributed by atoms with Crippen LogP contribution in [0.25, 0.3) is 0 Å². The standard InChI is InChI=1S/C15H21NO2S/c1-2-3-4-5-8-15(18)16-12-14-10-9-13(19-14)7-6-11-17/h9-10,17H,2-5,8,11-12H2,1H3,(H,16,18). The van der Waals surface area contributed by atoms with Crippen LogP contribution in [0.15, 0.2) is 12.1 Å². The quantitative estimate of drug-likeness (QED) is 0.595. The minimum atomic E-state index is -0.123. The van der Waals surface area contributed by atoms with Crippen molar-refractivity contribution in [1.82, 2.24) is 5.32 Å². The second-order valence-electron chi connectivity index (χ2n) is 4.31. The highest BCUT2D eigenvalue weighted by Crippen LogP contribution is 2.15. The highest BCUT2D eigenvalue weighted by Gasteiger charge is 2.02. The third-order valence-electron chi connectivity index (χ3n) is 2.67. The fourth-order valence-corrected chi connectivity index (χ4v) is 2.48. The van der Waals surface area contributed by atoms with E-state index in [-0.39, 0.29) is 12.5 Å². The van der Waals surface area contributed by atoms with Gasteiger partial charge in [-0.2, -0.15) is 0 Å². The lowest BCUT2D eigenvalue weighted by Gasteiger charge is -2.03. The molecule has 0 unspecified atom stereocenters. The molecule has 19 heavy (non-hydrogen) atoms. The molecule has 3 nitrogen and oxygen atoms in total. The molecule has 0 fully saturated rings. The molecule has 104 valence electrons. The number of carbonyl (C=O) groups excluding carboxylic acids is 1. The third kappa shape index (κ3) is 7.00. The summed E-state index contributed by atoms with van der Waals surface area (Å²) in [6, 6.07) is 3.87. The zero-order valence-corrected chi connectivity index (χ0v) is 12.2. The molecule has 0 atom stereocenters. The van der Waals surface area contributed by atoms with Crippen LogP contribution < -0.4 is 5.32 Å². The van der Waals surface area contributed by atoms with Crippen molar-refractivity contribution in [2.75, 3.05) is 6.61 Å². The van der Waals surface area contributed by atoms with Crippen LogP contribution in [0.1, 0.15) is 48.8 Å². The molecule has 1 amide bonds. The Balaban J connectivity index is 2.24. The molecular formula is C15H21NO2S. The van der Waals surface area contributed by atoms with Gasteiger partial charge in [0.05, 0.1) is 11.4 Å². The summed E-state index contributed by atoms with van der Waals surface area (Å²) in [5.41, 5.74) is 0. The number of aliphatic hydroxyl groups is 1. The SMILES string of the molecule is CCCCCCC(=O)NCc1ccc(C#CCO)s1. The van der Waals surface area contributed by atoms with E-state index in [1.54, 1.807) is 11.3 Å². The lowest BCUT2D eigenvalue weighted by Crippen LogP contribution is -2.21. The molecule has 4 heteroatoms. The highest BCUT2D eigenvalue weighted by atomic mass is 32.1. The first kappa shape index (κ1) is 15.7. The smallest absolute Gasteiger partial charge is 0.220 e. The van der Waals surface area contributed by atoms with Gasteiger partial charge in [0.15, 0.2) is 0 Å². The molecule has 1 heterocycles. The molecule has 0 spiro atoms. The van der Waals surface area contributed by atoms with E-state index in [1.165, 1.54) is 12.8 Å². The Morgan fingerprint density at radius 1 is 1.37 bits per heavy atom. The van der Waals surface area contributed by atoms with E-state index in [0.29, 0.717) is 13.0 Å². The van der Waals surface area contributed by atoms with Gasteiger partial charge in [-0.15, -0.1) is 11.3 Å². The maximum Gasteiger partial charge on any atom is 0.220 e. The molecule has 1 aromatic rings. The topological polar surface area (TPSA) is 49.3 Å². The third-order valence-corrected chi connectivity index (χ3v) is 3.67. The number of thiophene rings is 1. The summed E-state index contributed by atoms with van der Waals surface area (Å²) in [5, 5.41) is 11.5. The number of nitrogens with one attached hydrogen (secondary N) is 1. The van der Waals surface area contributed by atoms with Gasteiger partial charge in [0.2, 0.25) is 5.91 Å². The number of aliphatic hydroxyl groups excluding tert-OH is 1. The van der Waals surface area contributed by atoms with Crippen LogP contribution in [-0.4, -0.2) is 17.6 Å². The van der Waals surface area contributed by atoms with Crippen LogP contribution in [0.2, 0.25) is 0 Å². The van der Waals surface area contributed by atoms with Crippen molar-refractivity contribution in [2.45, 2.75) is 45.6 Å². The molecule has 0 aliphatic carbocycles. The molecule has 0 radical (unpaired) electrons. The number of rotatable bonds is 7. The number of hydrogen-bond acceptors (Lipinski definition) is 3. The minimum Gasteiger partial charge on any atom is -0.384 e. The highest BCUT2D eigenvalue weighted by molar-refractivity contribution is 7.12. The molecule has 0 aliphatic heterocycles. The largest absolute Gasteiger partial charge is 0.384 e. The molecule has 1 aromatic heterocycles. The van der Waals surface area contributed by atoms with Crippen LogP contribution in [0.5, 0.6) is 0 Å². The number of hydrogen-bond donors (Lipinski definition) is 2. The molecule has 0 bridgehead atoms. The summed E-state index contributed by atoms with van der Waals surface area (Å²) in [5.74, 6) is 5.59. The van der Waals surface area contributed by atoms with Crippen molar-refractivity contribution in [2.24, 2.45) is 0 Å². The van der Waals surface area contributed by atoms with Crippen molar-refractivity contribution in [3.05, 3.63) is 21.9 Å². The average Bonchev–Trinajstić information content (AvgIpc) is 2.87. The molecule has 1 rings (SSSR count). The van der Waals surface area contributed by atoms with Crippen LogP contribution in [0, 0.1) is 11.8 Å². The summed E-state index contributed by atoms with van der Waals surface area (Å²) < 4.78 is 0. The lowest BCUT2D eigenvalue weighted by molar-refractivity contribution is -0.121. The van der Waals surface area contributed by atoms with E-state index in [0.717, 1.165) is 22.6 Å². The van der Waals surface area contributed by atoms with Crippen LogP contribution in [0.4, 0.5) is 0 Å². The molecule has 0 aliphatic rings. The van der Waals surface area contributed by atoms with Gasteiger partial charge in [0, 0.05) is 11.3 Å². The van der Waals surface area contributed by atoms with Crippen molar-refractivity contribution in [1.29, 1.82) is 0 Å². The summed E-state index contributed by atoms with van der Waals surface area (Å²) in [4.78, 5) is 13.6. The Bertz CT molecular complexity index is 442. The van der Waals surface area contributed by atoms with Crippen molar-refractivity contribution in [3.8, 4) is 11.8 Å². The normalized spacial score (nSPS) is 9.79. The molecule has 0 saturated carbocycles. The lowest BCUT2D eigenvalue weighted by atomic mass is 10.1. The Labute approximate surface area is 119 Å². The summed E-state index contributed by atoms with van der Waals surface area (Å²) in [6.07, 6.45) is 5.10.